The molecule has 3 aromatic rings. The summed E-state index contributed by atoms with van der Waals surface area (Å²) in [5, 5.41) is 0. The molecule has 0 bridgehead atoms. The number of hydrogen-bond donors (Lipinski definition) is 0. The first-order valence-corrected chi connectivity index (χ1v) is 11.3. The first kappa shape index (κ1) is 26.4. The fourth-order valence-electron chi connectivity index (χ4n) is 3.48. The number of ether oxygens (including phenoxy) is 6. The van der Waals surface area contributed by atoms with Crippen molar-refractivity contribution in [1.82, 2.24) is 0 Å². The van der Waals surface area contributed by atoms with Crippen LogP contribution < -0.4 is 18.9 Å². The molecule has 0 N–H and O–H groups in total. The van der Waals surface area contributed by atoms with Gasteiger partial charge in [0.15, 0.2) is 23.0 Å². The second-order valence-electron chi connectivity index (χ2n) is 7.87. The second kappa shape index (κ2) is 13.0. The lowest BCUT2D eigenvalue weighted by Crippen LogP contribution is -2.09. The average molecular weight is 495 g/mol. The molecule has 3 aromatic carbocycles. The number of esters is 2. The molecular weight excluding hydrogens is 464 g/mol. The van der Waals surface area contributed by atoms with Crippen molar-refractivity contribution in [1.29, 1.82) is 0 Å². The first-order chi connectivity index (χ1) is 17.4. The lowest BCUT2D eigenvalue weighted by atomic mass is 10.1. The fraction of sp³-hybridized carbons (Fsp3) is 0.286. The summed E-state index contributed by atoms with van der Waals surface area (Å²) in [6.07, 6.45) is 0.239. The Labute approximate surface area is 210 Å². The lowest BCUT2D eigenvalue weighted by molar-refractivity contribution is -0.145. The van der Waals surface area contributed by atoms with Gasteiger partial charge in [0.25, 0.3) is 0 Å². The van der Waals surface area contributed by atoms with Crippen LogP contribution in [0.4, 0.5) is 0 Å². The lowest BCUT2D eigenvalue weighted by Gasteiger charge is -2.10. The summed E-state index contributed by atoms with van der Waals surface area (Å²) in [4.78, 5) is 24.5. The standard InChI is InChI=1S/C28H30O8/c1-31-23-11-9-21(13-25(23)33-3)15-27(29)35-17-19-5-7-20(8-6-19)18-36-28(30)16-22-10-12-24(32-2)26(14-22)34-4/h5-14H,15-18H2,1-4H3. The fourth-order valence-corrected chi connectivity index (χ4v) is 3.48. The normalized spacial score (nSPS) is 10.3. The van der Waals surface area contributed by atoms with Gasteiger partial charge in [-0.15, -0.1) is 0 Å². The number of carbonyl (C=O) groups excluding carboxylic acids is 2. The Morgan fingerprint density at radius 3 is 1.17 bits per heavy atom. The number of methoxy groups -OCH3 is 4. The number of carbonyl (C=O) groups is 2. The van der Waals surface area contributed by atoms with E-state index in [9.17, 15) is 9.59 Å². The Kier molecular flexibility index (Phi) is 9.56. The zero-order chi connectivity index (χ0) is 25.9. The van der Waals surface area contributed by atoms with Crippen molar-refractivity contribution < 1.29 is 38.0 Å². The van der Waals surface area contributed by atoms with Gasteiger partial charge in [-0.2, -0.15) is 0 Å². The Hall–Kier alpha value is -4.20. The first-order valence-electron chi connectivity index (χ1n) is 11.3. The van der Waals surface area contributed by atoms with Gasteiger partial charge in [0, 0.05) is 0 Å². The Bertz CT molecular complexity index is 1080. The topological polar surface area (TPSA) is 89.5 Å². The van der Waals surface area contributed by atoms with E-state index in [1.807, 2.05) is 24.3 Å². The van der Waals surface area contributed by atoms with Gasteiger partial charge in [0.2, 0.25) is 0 Å². The van der Waals surface area contributed by atoms with Gasteiger partial charge in [-0.1, -0.05) is 36.4 Å². The van der Waals surface area contributed by atoms with Crippen LogP contribution in [-0.4, -0.2) is 40.4 Å². The van der Waals surface area contributed by atoms with Crippen LogP contribution in [0, 0.1) is 0 Å². The second-order valence-corrected chi connectivity index (χ2v) is 7.87. The van der Waals surface area contributed by atoms with Crippen LogP contribution in [0.1, 0.15) is 22.3 Å². The molecule has 0 saturated heterocycles. The van der Waals surface area contributed by atoms with Gasteiger partial charge in [-0.3, -0.25) is 9.59 Å². The Morgan fingerprint density at radius 2 is 0.833 bits per heavy atom. The molecule has 0 amide bonds. The number of hydrogen-bond acceptors (Lipinski definition) is 8. The Balaban J connectivity index is 1.44. The highest BCUT2D eigenvalue weighted by atomic mass is 16.5. The maximum Gasteiger partial charge on any atom is 0.310 e. The molecule has 0 radical (unpaired) electrons. The molecule has 0 aromatic heterocycles. The highest BCUT2D eigenvalue weighted by Gasteiger charge is 2.11. The molecule has 3 rings (SSSR count). The summed E-state index contributed by atoms with van der Waals surface area (Å²) in [6, 6.07) is 17.9. The molecule has 0 aliphatic rings. The Morgan fingerprint density at radius 1 is 0.500 bits per heavy atom. The van der Waals surface area contributed by atoms with Crippen molar-refractivity contribution in [2.24, 2.45) is 0 Å². The quantitative estimate of drug-likeness (QED) is 0.345. The van der Waals surface area contributed by atoms with E-state index in [1.54, 1.807) is 64.8 Å². The summed E-state index contributed by atoms with van der Waals surface area (Å²) in [6.45, 7) is 0.289. The molecule has 8 heteroatoms. The van der Waals surface area contributed by atoms with Crippen LogP contribution in [0.5, 0.6) is 23.0 Å². The van der Waals surface area contributed by atoms with Crippen molar-refractivity contribution in [3.8, 4) is 23.0 Å². The van der Waals surface area contributed by atoms with Crippen molar-refractivity contribution >= 4 is 11.9 Å². The van der Waals surface area contributed by atoms with Gasteiger partial charge in [0.1, 0.15) is 13.2 Å². The highest BCUT2D eigenvalue weighted by molar-refractivity contribution is 5.73. The van der Waals surface area contributed by atoms with E-state index < -0.39 is 0 Å². The average Bonchev–Trinajstić information content (AvgIpc) is 2.91. The molecule has 0 unspecified atom stereocenters. The summed E-state index contributed by atoms with van der Waals surface area (Å²) in [5.74, 6) is 1.61. The molecule has 0 spiro atoms. The third-order valence-corrected chi connectivity index (χ3v) is 5.42. The van der Waals surface area contributed by atoms with Gasteiger partial charge in [-0.25, -0.2) is 0 Å². The van der Waals surface area contributed by atoms with Crippen LogP contribution in [0.25, 0.3) is 0 Å². The predicted octanol–water partition coefficient (Wildman–Crippen LogP) is 4.29. The molecular formula is C28H30O8. The predicted molar refractivity (Wildman–Crippen MR) is 133 cm³/mol. The van der Waals surface area contributed by atoms with Gasteiger partial charge in [-0.05, 0) is 46.5 Å². The van der Waals surface area contributed by atoms with Crippen LogP contribution in [0.2, 0.25) is 0 Å². The SMILES string of the molecule is COc1ccc(CC(=O)OCc2ccc(COC(=O)Cc3ccc(OC)c(OC)c3)cc2)cc1OC. The monoisotopic (exact) mass is 494 g/mol. The zero-order valence-corrected chi connectivity index (χ0v) is 20.9. The summed E-state index contributed by atoms with van der Waals surface area (Å²) in [7, 11) is 6.20. The number of rotatable bonds is 12. The molecule has 0 heterocycles. The summed E-state index contributed by atoms with van der Waals surface area (Å²) >= 11 is 0. The van der Waals surface area contributed by atoms with E-state index in [0.29, 0.717) is 23.0 Å². The third kappa shape index (κ3) is 7.40. The molecule has 0 atom stereocenters. The van der Waals surface area contributed by atoms with E-state index in [0.717, 1.165) is 22.3 Å². The van der Waals surface area contributed by atoms with Crippen LogP contribution in [-0.2, 0) is 45.1 Å². The largest absolute Gasteiger partial charge is 0.493 e. The molecule has 0 fully saturated rings. The maximum absolute atomic E-state index is 12.2. The zero-order valence-electron chi connectivity index (χ0n) is 20.9. The number of benzene rings is 3. The highest BCUT2D eigenvalue weighted by Crippen LogP contribution is 2.28. The van der Waals surface area contributed by atoms with Crippen LogP contribution in [0.15, 0.2) is 60.7 Å². The minimum absolute atomic E-state index is 0.120. The van der Waals surface area contributed by atoms with Crippen molar-refractivity contribution in [2.75, 3.05) is 28.4 Å². The minimum Gasteiger partial charge on any atom is -0.493 e. The molecule has 190 valence electrons. The molecule has 0 aliphatic carbocycles. The van der Waals surface area contributed by atoms with E-state index in [2.05, 4.69) is 0 Å². The van der Waals surface area contributed by atoms with Gasteiger partial charge < -0.3 is 28.4 Å². The van der Waals surface area contributed by atoms with Gasteiger partial charge in [0.05, 0.1) is 41.3 Å². The maximum atomic E-state index is 12.2. The third-order valence-electron chi connectivity index (χ3n) is 5.42. The van der Waals surface area contributed by atoms with E-state index in [-0.39, 0.29) is 38.0 Å². The molecule has 0 saturated carbocycles. The van der Waals surface area contributed by atoms with Crippen molar-refractivity contribution in [2.45, 2.75) is 26.1 Å². The van der Waals surface area contributed by atoms with Crippen LogP contribution >= 0.6 is 0 Å². The van der Waals surface area contributed by atoms with E-state index in [4.69, 9.17) is 28.4 Å². The van der Waals surface area contributed by atoms with E-state index >= 15 is 0 Å². The minimum atomic E-state index is -0.351. The van der Waals surface area contributed by atoms with E-state index in [1.165, 1.54) is 0 Å². The van der Waals surface area contributed by atoms with Crippen molar-refractivity contribution in [3.05, 3.63) is 82.9 Å². The van der Waals surface area contributed by atoms with Crippen LogP contribution in [0.3, 0.4) is 0 Å². The molecule has 8 nitrogen and oxygen atoms in total. The smallest absolute Gasteiger partial charge is 0.310 e. The van der Waals surface area contributed by atoms with Crippen molar-refractivity contribution in [3.63, 3.8) is 0 Å². The summed E-state index contributed by atoms with van der Waals surface area (Å²) < 4.78 is 31.7. The van der Waals surface area contributed by atoms with Gasteiger partial charge >= 0.3 is 11.9 Å². The molecule has 36 heavy (non-hydrogen) atoms. The summed E-state index contributed by atoms with van der Waals surface area (Å²) in [5.41, 5.74) is 3.19. The molecule has 0 aliphatic heterocycles.